The van der Waals surface area contributed by atoms with Crippen LogP contribution in [0.1, 0.15) is 25.7 Å². The van der Waals surface area contributed by atoms with Crippen LogP contribution in [0.25, 0.3) is 0 Å². The van der Waals surface area contributed by atoms with Crippen LogP contribution in [0.4, 0.5) is 14.5 Å². The molecule has 0 heterocycles. The summed E-state index contributed by atoms with van der Waals surface area (Å²) in [5, 5.41) is 13.8. The lowest BCUT2D eigenvalue weighted by molar-refractivity contribution is -0.137. The molecule has 1 aromatic rings. The lowest BCUT2D eigenvalue weighted by Gasteiger charge is -2.30. The van der Waals surface area contributed by atoms with E-state index in [-0.39, 0.29) is 29.3 Å². The van der Waals surface area contributed by atoms with Crippen molar-refractivity contribution in [1.82, 2.24) is 5.32 Å². The van der Waals surface area contributed by atoms with Crippen LogP contribution < -0.4 is 10.6 Å². The second-order valence-electron chi connectivity index (χ2n) is 5.51. The Balaban J connectivity index is 2.00. The number of nitrogens with one attached hydrogen (secondary N) is 2. The Morgan fingerprint density at radius 3 is 2.52 bits per heavy atom. The number of halogens is 3. The third-order valence-corrected chi connectivity index (χ3v) is 4.24. The fourth-order valence-electron chi connectivity index (χ4n) is 2.65. The fourth-order valence-corrected chi connectivity index (χ4v) is 2.85. The van der Waals surface area contributed by atoms with Gasteiger partial charge in [0.1, 0.15) is 0 Å². The van der Waals surface area contributed by atoms with Gasteiger partial charge in [-0.1, -0.05) is 24.4 Å². The van der Waals surface area contributed by atoms with Gasteiger partial charge in [0.25, 0.3) is 0 Å². The van der Waals surface area contributed by atoms with E-state index < -0.39 is 23.4 Å². The Kier molecular flexibility index (Phi) is 5.90. The molecule has 2 unspecified atom stereocenters. The van der Waals surface area contributed by atoms with Gasteiger partial charge in [-0.25, -0.2) is 8.78 Å². The minimum absolute atomic E-state index is 0.0679. The molecule has 0 aromatic heterocycles. The first-order valence-electron chi connectivity index (χ1n) is 7.29. The summed E-state index contributed by atoms with van der Waals surface area (Å²) in [5.74, 6) is -4.35. The van der Waals surface area contributed by atoms with Gasteiger partial charge in [-0.2, -0.15) is 0 Å². The summed E-state index contributed by atoms with van der Waals surface area (Å²) in [6.07, 6.45) is 3.32. The van der Waals surface area contributed by atoms with Gasteiger partial charge in [-0.3, -0.25) is 9.59 Å². The van der Waals surface area contributed by atoms with Gasteiger partial charge in [-0.15, -0.1) is 0 Å². The SMILES string of the molecule is O=C(Nc1cc(F)c(F)cc1Cl)C(=O)NC1CCCCC1CO. The fraction of sp³-hybridized carbons (Fsp3) is 0.467. The highest BCUT2D eigenvalue weighted by atomic mass is 35.5. The first-order chi connectivity index (χ1) is 10.9. The predicted octanol–water partition coefficient (Wildman–Crippen LogP) is 2.22. The molecule has 1 fully saturated rings. The lowest BCUT2D eigenvalue weighted by atomic mass is 9.85. The number of amides is 2. The zero-order chi connectivity index (χ0) is 17.0. The molecule has 0 bridgehead atoms. The van der Waals surface area contributed by atoms with E-state index in [9.17, 15) is 23.5 Å². The first kappa shape index (κ1) is 17.6. The molecule has 5 nitrogen and oxygen atoms in total. The van der Waals surface area contributed by atoms with Gasteiger partial charge in [0.2, 0.25) is 0 Å². The van der Waals surface area contributed by atoms with Gasteiger partial charge in [-0.05, 0) is 18.9 Å². The van der Waals surface area contributed by atoms with Gasteiger partial charge < -0.3 is 15.7 Å². The molecule has 1 saturated carbocycles. The Bertz CT molecular complexity index is 613. The van der Waals surface area contributed by atoms with Crippen molar-refractivity contribution in [3.05, 3.63) is 28.8 Å². The zero-order valence-corrected chi connectivity index (χ0v) is 13.0. The molecular formula is C15H17ClF2N2O3. The summed E-state index contributed by atoms with van der Waals surface area (Å²) in [6, 6.07) is 1.14. The molecule has 0 saturated heterocycles. The monoisotopic (exact) mass is 346 g/mol. The number of rotatable bonds is 3. The van der Waals surface area contributed by atoms with Crippen molar-refractivity contribution in [2.24, 2.45) is 5.92 Å². The molecule has 126 valence electrons. The summed E-state index contributed by atoms with van der Waals surface area (Å²) in [7, 11) is 0. The third-order valence-electron chi connectivity index (χ3n) is 3.92. The van der Waals surface area contributed by atoms with Crippen molar-refractivity contribution >= 4 is 29.1 Å². The summed E-state index contributed by atoms with van der Waals surface area (Å²) >= 11 is 5.70. The number of hydrogen-bond donors (Lipinski definition) is 3. The van der Waals surface area contributed by atoms with E-state index >= 15 is 0 Å². The Morgan fingerprint density at radius 1 is 1.17 bits per heavy atom. The van der Waals surface area contributed by atoms with Crippen molar-refractivity contribution in [2.45, 2.75) is 31.7 Å². The number of aliphatic hydroxyl groups is 1. The van der Waals surface area contributed by atoms with Crippen LogP contribution >= 0.6 is 11.6 Å². The quantitative estimate of drug-likeness (QED) is 0.580. The highest BCUT2D eigenvalue weighted by Gasteiger charge is 2.28. The largest absolute Gasteiger partial charge is 0.396 e. The Labute approximate surface area is 137 Å². The average molecular weight is 347 g/mol. The van der Waals surface area contributed by atoms with Crippen LogP contribution in [0.3, 0.4) is 0 Å². The van der Waals surface area contributed by atoms with E-state index in [1.165, 1.54) is 0 Å². The first-order valence-corrected chi connectivity index (χ1v) is 7.67. The summed E-state index contributed by atoms with van der Waals surface area (Å²) in [4.78, 5) is 23.8. The molecule has 23 heavy (non-hydrogen) atoms. The van der Waals surface area contributed by atoms with E-state index in [0.717, 1.165) is 19.3 Å². The zero-order valence-electron chi connectivity index (χ0n) is 12.2. The standard InChI is InChI=1S/C15H17ClF2N2O3/c16-9-5-10(17)11(18)6-13(9)20-15(23)14(22)19-12-4-2-1-3-8(12)7-21/h5-6,8,12,21H,1-4,7H2,(H,19,22)(H,20,23). The van der Waals surface area contributed by atoms with Gasteiger partial charge in [0, 0.05) is 24.6 Å². The van der Waals surface area contributed by atoms with Gasteiger partial charge in [0.05, 0.1) is 10.7 Å². The van der Waals surface area contributed by atoms with Crippen molar-refractivity contribution in [1.29, 1.82) is 0 Å². The molecule has 8 heteroatoms. The number of carbonyl (C=O) groups is 2. The topological polar surface area (TPSA) is 78.4 Å². The second-order valence-corrected chi connectivity index (χ2v) is 5.91. The molecule has 2 amide bonds. The van der Waals surface area contributed by atoms with Crippen LogP contribution in [0.2, 0.25) is 5.02 Å². The van der Waals surface area contributed by atoms with Crippen LogP contribution in [0.5, 0.6) is 0 Å². The van der Waals surface area contributed by atoms with E-state index in [4.69, 9.17) is 11.6 Å². The van der Waals surface area contributed by atoms with Crippen LogP contribution in [-0.2, 0) is 9.59 Å². The maximum absolute atomic E-state index is 13.2. The molecule has 3 N–H and O–H groups in total. The van der Waals surface area contributed by atoms with Crippen molar-refractivity contribution in [3.8, 4) is 0 Å². The molecule has 0 radical (unpaired) electrons. The van der Waals surface area contributed by atoms with Crippen molar-refractivity contribution in [2.75, 3.05) is 11.9 Å². The van der Waals surface area contributed by atoms with Gasteiger partial charge >= 0.3 is 11.8 Å². The Morgan fingerprint density at radius 2 is 1.83 bits per heavy atom. The van der Waals surface area contributed by atoms with Gasteiger partial charge in [0.15, 0.2) is 11.6 Å². The van der Waals surface area contributed by atoms with Crippen LogP contribution in [0, 0.1) is 17.6 Å². The Hall–Kier alpha value is -1.73. The van der Waals surface area contributed by atoms with E-state index in [2.05, 4.69) is 10.6 Å². The average Bonchev–Trinajstić information content (AvgIpc) is 2.53. The molecule has 1 aliphatic carbocycles. The van der Waals surface area contributed by atoms with Crippen LogP contribution in [0.15, 0.2) is 12.1 Å². The molecule has 1 aliphatic rings. The van der Waals surface area contributed by atoms with E-state index in [1.807, 2.05) is 0 Å². The van der Waals surface area contributed by atoms with E-state index in [1.54, 1.807) is 0 Å². The van der Waals surface area contributed by atoms with E-state index in [0.29, 0.717) is 18.6 Å². The van der Waals surface area contributed by atoms with Crippen molar-refractivity contribution < 1.29 is 23.5 Å². The van der Waals surface area contributed by atoms with Crippen LogP contribution in [-0.4, -0.2) is 29.6 Å². The summed E-state index contributed by atoms with van der Waals surface area (Å²) < 4.78 is 26.1. The predicted molar refractivity (Wildman–Crippen MR) is 81.0 cm³/mol. The minimum atomic E-state index is -1.18. The molecule has 1 aromatic carbocycles. The molecule has 2 rings (SSSR count). The van der Waals surface area contributed by atoms with Crippen molar-refractivity contribution in [3.63, 3.8) is 0 Å². The number of aliphatic hydroxyl groups excluding tert-OH is 1. The number of anilines is 1. The molecule has 0 spiro atoms. The second kappa shape index (κ2) is 7.70. The number of benzene rings is 1. The molecular weight excluding hydrogens is 330 g/mol. The summed E-state index contributed by atoms with van der Waals surface area (Å²) in [5.41, 5.74) is -0.187. The molecule has 2 atom stereocenters. The number of hydrogen-bond acceptors (Lipinski definition) is 3. The highest BCUT2D eigenvalue weighted by molar-refractivity contribution is 6.41. The number of carbonyl (C=O) groups excluding carboxylic acids is 2. The lowest BCUT2D eigenvalue weighted by Crippen LogP contribution is -2.47. The third kappa shape index (κ3) is 4.39. The highest BCUT2D eigenvalue weighted by Crippen LogP contribution is 2.25. The summed E-state index contributed by atoms with van der Waals surface area (Å²) in [6.45, 7) is -0.0679. The maximum Gasteiger partial charge on any atom is 0.313 e. The minimum Gasteiger partial charge on any atom is -0.396 e. The molecule has 0 aliphatic heterocycles. The smallest absolute Gasteiger partial charge is 0.313 e. The maximum atomic E-state index is 13.2. The normalized spacial score (nSPS) is 20.9.